The van der Waals surface area contributed by atoms with E-state index in [1.165, 1.54) is 12.1 Å². The highest BCUT2D eigenvalue weighted by molar-refractivity contribution is 6.32. The lowest BCUT2D eigenvalue weighted by Crippen LogP contribution is -2.42. The molecule has 0 aliphatic carbocycles. The van der Waals surface area contributed by atoms with Gasteiger partial charge in [0.1, 0.15) is 18.5 Å². The second-order valence-electron chi connectivity index (χ2n) is 4.05. The van der Waals surface area contributed by atoms with E-state index in [0.717, 1.165) is 6.07 Å². The maximum Gasteiger partial charge on any atom is 0.335 e. The normalized spacial score (nSPS) is 21.6. The van der Waals surface area contributed by atoms with E-state index in [4.69, 9.17) is 33.8 Å². The number of rotatable bonds is 6. The van der Waals surface area contributed by atoms with Crippen molar-refractivity contribution in [3.63, 3.8) is 0 Å². The van der Waals surface area contributed by atoms with Crippen LogP contribution < -0.4 is 10.1 Å². The zero-order chi connectivity index (χ0) is 22.8. The van der Waals surface area contributed by atoms with Crippen LogP contribution in [0.4, 0.5) is 0 Å². The number of hydrogen-bond acceptors (Lipinski definition) is 4. The number of carboxylic acid groups (broad SMARTS) is 1. The van der Waals surface area contributed by atoms with E-state index in [-0.39, 0.29) is 16.3 Å². The van der Waals surface area contributed by atoms with Crippen molar-refractivity contribution in [3.05, 3.63) is 28.8 Å². The van der Waals surface area contributed by atoms with Crippen molar-refractivity contribution in [3.8, 4) is 5.75 Å². The molecule has 1 unspecified atom stereocenters. The Morgan fingerprint density at radius 1 is 1.55 bits per heavy atom. The van der Waals surface area contributed by atoms with Crippen LogP contribution in [0.5, 0.6) is 5.75 Å². The van der Waals surface area contributed by atoms with E-state index in [0.29, 0.717) is 0 Å². The average molecular weight is 311 g/mol. The number of halogens is 1. The molecule has 3 N–H and O–H groups in total. The van der Waals surface area contributed by atoms with E-state index in [1.54, 1.807) is 0 Å². The summed E-state index contributed by atoms with van der Waals surface area (Å²) in [5, 5.41) is 21.0. The van der Waals surface area contributed by atoms with Crippen LogP contribution >= 0.6 is 11.6 Å². The van der Waals surface area contributed by atoms with Gasteiger partial charge in [-0.3, -0.25) is 0 Å². The van der Waals surface area contributed by atoms with Gasteiger partial charge >= 0.3 is 5.97 Å². The van der Waals surface area contributed by atoms with Crippen molar-refractivity contribution in [2.75, 3.05) is 13.2 Å². The molecular formula is C14H20ClNO4. The highest BCUT2D eigenvalue weighted by Crippen LogP contribution is 2.25. The SMILES string of the molecule is [2H]C([2H])([2H])C(NCC(O)COc1cc(C(=O)O)ccc1Cl)(C([2H])([2H])[2H])C([2H])([2H])[2H]. The Hall–Kier alpha value is -1.30. The Balaban J connectivity index is 2.97. The standard InChI is InChI=1S/C14H20ClNO4/c1-14(2,3)16-7-10(17)8-20-12-6-9(13(18)19)4-5-11(12)15/h4-6,10,16-17H,7-8H2,1-3H3,(H,18,19)/i1D3,2D3,3D3. The molecule has 0 aromatic heterocycles. The number of carbonyl (C=O) groups is 1. The monoisotopic (exact) mass is 310 g/mol. The molecule has 0 heterocycles. The third-order valence-electron chi connectivity index (χ3n) is 2.21. The molecule has 0 fully saturated rings. The summed E-state index contributed by atoms with van der Waals surface area (Å²) >= 11 is 5.88. The van der Waals surface area contributed by atoms with Crippen LogP contribution in [0, 0.1) is 0 Å². The maximum atomic E-state index is 11.0. The third kappa shape index (κ3) is 5.77. The molecule has 0 amide bonds. The number of hydrogen-bond donors (Lipinski definition) is 3. The van der Waals surface area contributed by atoms with Crippen molar-refractivity contribution in [1.29, 1.82) is 0 Å². The van der Waals surface area contributed by atoms with Crippen LogP contribution in [0.2, 0.25) is 5.02 Å². The first-order valence-electron chi connectivity index (χ1n) is 10.0. The lowest BCUT2D eigenvalue weighted by atomic mass is 10.1. The summed E-state index contributed by atoms with van der Waals surface area (Å²) in [4.78, 5) is 11.0. The second kappa shape index (κ2) is 6.92. The number of ether oxygens (including phenoxy) is 1. The van der Waals surface area contributed by atoms with Gasteiger partial charge in [-0.25, -0.2) is 4.79 Å². The Bertz CT molecular complexity index is 697. The maximum absolute atomic E-state index is 11.0. The van der Waals surface area contributed by atoms with Crippen LogP contribution in [-0.4, -0.2) is 41.0 Å². The summed E-state index contributed by atoms with van der Waals surface area (Å²) in [6.45, 7) is -11.7. The van der Waals surface area contributed by atoms with Gasteiger partial charge in [0.15, 0.2) is 0 Å². The molecule has 0 saturated carbocycles. The number of aromatic carboxylic acids is 1. The lowest BCUT2D eigenvalue weighted by molar-refractivity contribution is 0.0695. The van der Waals surface area contributed by atoms with Gasteiger partial charge in [-0.2, -0.15) is 0 Å². The first-order valence-corrected chi connectivity index (χ1v) is 5.90. The largest absolute Gasteiger partial charge is 0.489 e. The van der Waals surface area contributed by atoms with Crippen LogP contribution in [0.3, 0.4) is 0 Å². The van der Waals surface area contributed by atoms with Crippen molar-refractivity contribution in [2.24, 2.45) is 0 Å². The summed E-state index contributed by atoms with van der Waals surface area (Å²) in [5.74, 6) is -1.33. The molecule has 112 valence electrons. The third-order valence-corrected chi connectivity index (χ3v) is 2.52. The molecule has 1 atom stereocenters. The molecule has 6 heteroatoms. The van der Waals surface area contributed by atoms with Gasteiger partial charge in [-0.1, -0.05) is 11.6 Å². The van der Waals surface area contributed by atoms with Gasteiger partial charge in [0, 0.05) is 24.4 Å². The Morgan fingerprint density at radius 2 is 2.25 bits per heavy atom. The number of aliphatic hydroxyl groups excluding tert-OH is 1. The molecule has 0 spiro atoms. The van der Waals surface area contributed by atoms with Gasteiger partial charge < -0.3 is 20.3 Å². The van der Waals surface area contributed by atoms with Gasteiger partial charge in [-0.15, -0.1) is 0 Å². The summed E-state index contributed by atoms with van der Waals surface area (Å²) in [7, 11) is 0. The molecule has 0 radical (unpaired) electrons. The lowest BCUT2D eigenvalue weighted by Gasteiger charge is -2.23. The number of β-amino-alcohol motifs (C(OH)–C–C–N with tert-alkyl or cyclic N) is 1. The predicted molar refractivity (Wildman–Crippen MR) is 77.7 cm³/mol. The van der Waals surface area contributed by atoms with Crippen LogP contribution in [-0.2, 0) is 0 Å². The van der Waals surface area contributed by atoms with E-state index < -0.39 is 51.3 Å². The van der Waals surface area contributed by atoms with Crippen molar-refractivity contribution >= 4 is 17.6 Å². The van der Waals surface area contributed by atoms with Crippen molar-refractivity contribution < 1.29 is 32.1 Å². The zero-order valence-electron chi connectivity index (χ0n) is 19.3. The summed E-state index contributed by atoms with van der Waals surface area (Å²) in [6, 6.07) is 3.59. The van der Waals surface area contributed by atoms with Crippen LogP contribution in [0.25, 0.3) is 0 Å². The van der Waals surface area contributed by atoms with Gasteiger partial charge in [0.2, 0.25) is 0 Å². The van der Waals surface area contributed by atoms with E-state index in [1.807, 2.05) is 5.32 Å². The topological polar surface area (TPSA) is 78.8 Å². The molecule has 20 heavy (non-hydrogen) atoms. The molecule has 1 aromatic carbocycles. The highest BCUT2D eigenvalue weighted by Gasteiger charge is 2.14. The van der Waals surface area contributed by atoms with Gasteiger partial charge in [0.05, 0.1) is 10.6 Å². The quantitative estimate of drug-likeness (QED) is 0.750. The molecule has 0 saturated heterocycles. The number of benzene rings is 1. The number of nitrogens with one attached hydrogen (secondary N) is 1. The van der Waals surface area contributed by atoms with Gasteiger partial charge in [-0.05, 0) is 38.8 Å². The van der Waals surface area contributed by atoms with Crippen molar-refractivity contribution in [2.45, 2.75) is 32.2 Å². The highest BCUT2D eigenvalue weighted by atomic mass is 35.5. The fraction of sp³-hybridized carbons (Fsp3) is 0.500. The van der Waals surface area contributed by atoms with E-state index >= 15 is 0 Å². The van der Waals surface area contributed by atoms with E-state index in [2.05, 4.69) is 0 Å². The van der Waals surface area contributed by atoms with E-state index in [9.17, 15) is 9.90 Å². The zero-order valence-corrected chi connectivity index (χ0v) is 11.1. The molecule has 5 nitrogen and oxygen atoms in total. The molecule has 1 aromatic rings. The molecule has 0 aliphatic rings. The van der Waals surface area contributed by atoms with Crippen LogP contribution in [0.1, 0.15) is 43.3 Å². The Morgan fingerprint density at radius 3 is 2.85 bits per heavy atom. The smallest absolute Gasteiger partial charge is 0.335 e. The number of carboxylic acids is 1. The van der Waals surface area contributed by atoms with Crippen molar-refractivity contribution in [1.82, 2.24) is 5.32 Å². The average Bonchev–Trinajstić information content (AvgIpc) is 2.50. The minimum atomic E-state index is -3.46. The minimum Gasteiger partial charge on any atom is -0.489 e. The first kappa shape index (κ1) is 7.64. The van der Waals surface area contributed by atoms with Crippen LogP contribution in [0.15, 0.2) is 18.2 Å². The molecule has 0 bridgehead atoms. The Labute approximate surface area is 136 Å². The molecule has 0 aliphatic heterocycles. The number of aliphatic hydroxyl groups is 1. The fourth-order valence-corrected chi connectivity index (χ4v) is 1.43. The first-order chi connectivity index (χ1) is 12.9. The summed E-state index contributed by atoms with van der Waals surface area (Å²) in [6.07, 6.45) is -1.54. The summed E-state index contributed by atoms with van der Waals surface area (Å²) in [5.41, 5.74) is -3.42. The summed E-state index contributed by atoms with van der Waals surface area (Å²) < 4.78 is 72.6. The fourth-order valence-electron chi connectivity index (χ4n) is 1.26. The van der Waals surface area contributed by atoms with Gasteiger partial charge in [0.25, 0.3) is 0 Å². The molecular weight excluding hydrogens is 282 g/mol. The minimum absolute atomic E-state index is 0.0389. The predicted octanol–water partition coefficient (Wildman–Crippen LogP) is 2.17. The Kier molecular flexibility index (Phi) is 2.64. The molecule has 1 rings (SSSR count). The second-order valence-corrected chi connectivity index (χ2v) is 4.45.